The Morgan fingerprint density at radius 1 is 1.10 bits per heavy atom. The predicted molar refractivity (Wildman–Crippen MR) is 187 cm³/mol. The molecule has 2 unspecified atom stereocenters. The van der Waals surface area contributed by atoms with Gasteiger partial charge in [-0.05, 0) is 62.9 Å². The summed E-state index contributed by atoms with van der Waals surface area (Å²) in [5.41, 5.74) is 3.84. The van der Waals surface area contributed by atoms with Crippen molar-refractivity contribution in [1.82, 2.24) is 19.9 Å². The van der Waals surface area contributed by atoms with Gasteiger partial charge in [0, 0.05) is 48.8 Å². The molecule has 3 aliphatic heterocycles. The van der Waals surface area contributed by atoms with Gasteiger partial charge in [0.15, 0.2) is 11.5 Å². The van der Waals surface area contributed by atoms with Crippen LogP contribution in [0.15, 0.2) is 71.8 Å². The highest BCUT2D eigenvalue weighted by Crippen LogP contribution is 2.59. The number of rotatable bonds is 12. The quantitative estimate of drug-likeness (QED) is 0.162. The fraction of sp³-hybridized carbons (Fsp3) is 0.500. The van der Waals surface area contributed by atoms with Crippen LogP contribution in [0.2, 0.25) is 0 Å². The number of aromatic nitrogens is 3. The lowest BCUT2D eigenvalue weighted by molar-refractivity contribution is -0.145. The number of carbonyl (C=O) groups excluding carboxylic acids is 1. The minimum absolute atomic E-state index is 0.0907. The van der Waals surface area contributed by atoms with Crippen molar-refractivity contribution in [3.05, 3.63) is 89.4 Å². The number of esters is 1. The van der Waals surface area contributed by atoms with Gasteiger partial charge in [-0.15, -0.1) is 5.10 Å². The number of nitrogens with zero attached hydrogens (tertiary/aromatic N) is 4. The van der Waals surface area contributed by atoms with Crippen molar-refractivity contribution in [3.63, 3.8) is 0 Å². The topological polar surface area (TPSA) is 124 Å². The summed E-state index contributed by atoms with van der Waals surface area (Å²) in [5, 5.41) is 8.64. The Kier molecular flexibility index (Phi) is 7.90. The van der Waals surface area contributed by atoms with Crippen LogP contribution in [0.1, 0.15) is 62.0 Å². The minimum Gasteiger partial charge on any atom is -0.466 e. The Morgan fingerprint density at radius 2 is 1.86 bits per heavy atom. The number of aryl methyl sites for hydroxylation is 2. The highest BCUT2D eigenvalue weighted by atomic mass is 32.2. The normalized spacial score (nSPS) is 30.1. The van der Waals surface area contributed by atoms with Gasteiger partial charge in [-0.25, -0.2) is 9.50 Å². The van der Waals surface area contributed by atoms with Gasteiger partial charge >= 0.3 is 5.97 Å². The molecule has 9 rings (SSSR count). The standard InChI is InChI=1S/C38H45N5O6S/c1-5-47-33(44)31-18-36(31,24-49-50(45,46)30-13-11-26(2)12-14-30)22-39-37-20-38(21-37,48-25-37)34-40-32-27(3)17-29(19-43(32)41-34)42-16-15-35(4,23-42)28-9-7-6-8-10-28/h6-14,17,19,31,39H,5,15-16,18,20-25H2,1-4H3/t31?,35-,36?,37?,38?/m0/s1. The maximum absolute atomic E-state index is 13.0. The maximum Gasteiger partial charge on any atom is 0.309 e. The van der Waals surface area contributed by atoms with Gasteiger partial charge in [0.05, 0.1) is 42.5 Å². The van der Waals surface area contributed by atoms with Crippen molar-refractivity contribution in [2.45, 2.75) is 74.8 Å². The Hall–Kier alpha value is -3.84. The van der Waals surface area contributed by atoms with Crippen LogP contribution in [0.4, 0.5) is 5.69 Å². The van der Waals surface area contributed by atoms with Crippen molar-refractivity contribution < 1.29 is 26.9 Å². The van der Waals surface area contributed by atoms with Crippen LogP contribution in [-0.2, 0) is 39.6 Å². The number of hydrogen-bond donors (Lipinski definition) is 1. The van der Waals surface area contributed by atoms with E-state index in [9.17, 15) is 13.2 Å². The van der Waals surface area contributed by atoms with Gasteiger partial charge < -0.3 is 19.7 Å². The molecule has 3 atom stereocenters. The molecular formula is C38H45N5O6S. The largest absolute Gasteiger partial charge is 0.466 e. The van der Waals surface area contributed by atoms with Crippen LogP contribution >= 0.6 is 0 Å². The summed E-state index contributed by atoms with van der Waals surface area (Å²) in [6, 6.07) is 19.5. The SMILES string of the molecule is CCOC(=O)C1CC1(CNC12COC(c3nc4c(C)cc(N5CC[C@](C)(c6ccccc6)C5)cn4n3)(C1)C2)COS(=O)(=O)c1ccc(C)cc1. The fourth-order valence-corrected chi connectivity index (χ4v) is 9.33. The summed E-state index contributed by atoms with van der Waals surface area (Å²) in [5.74, 6) is -0.0810. The van der Waals surface area contributed by atoms with Crippen LogP contribution in [0, 0.1) is 25.2 Å². The zero-order valence-corrected chi connectivity index (χ0v) is 30.0. The molecule has 264 valence electrons. The van der Waals surface area contributed by atoms with E-state index in [4.69, 9.17) is 23.7 Å². The number of hydrogen-bond acceptors (Lipinski definition) is 10. The first kappa shape index (κ1) is 33.3. The third-order valence-electron chi connectivity index (χ3n) is 11.6. The van der Waals surface area contributed by atoms with Crippen molar-refractivity contribution in [1.29, 1.82) is 0 Å². The number of carbonyl (C=O) groups is 1. The molecule has 11 nitrogen and oxygen atoms in total. The van der Waals surface area contributed by atoms with Crippen molar-refractivity contribution in [3.8, 4) is 0 Å². The smallest absolute Gasteiger partial charge is 0.309 e. The monoisotopic (exact) mass is 699 g/mol. The van der Waals surface area contributed by atoms with Crippen molar-refractivity contribution >= 4 is 27.4 Å². The summed E-state index contributed by atoms with van der Waals surface area (Å²) in [7, 11) is -3.99. The molecule has 3 saturated heterocycles. The molecule has 5 aliphatic rings. The predicted octanol–water partition coefficient (Wildman–Crippen LogP) is 4.84. The molecule has 0 radical (unpaired) electrons. The highest BCUT2D eigenvalue weighted by Gasteiger charge is 2.67. The molecule has 0 spiro atoms. The van der Waals surface area contributed by atoms with E-state index in [0.717, 1.165) is 42.0 Å². The van der Waals surface area contributed by atoms with E-state index in [1.807, 2.05) is 11.4 Å². The Bertz CT molecular complexity index is 2040. The van der Waals surface area contributed by atoms with E-state index in [-0.39, 0.29) is 35.0 Å². The number of nitrogens with one attached hydrogen (secondary N) is 1. The van der Waals surface area contributed by atoms with Gasteiger partial charge in [-0.2, -0.15) is 8.42 Å². The zero-order chi connectivity index (χ0) is 34.9. The summed E-state index contributed by atoms with van der Waals surface area (Å²) in [6.07, 6.45) is 5.03. The second-order valence-electron chi connectivity index (χ2n) is 15.4. The molecule has 5 fully saturated rings. The van der Waals surface area contributed by atoms with Crippen LogP contribution in [0.3, 0.4) is 0 Å². The molecule has 2 aliphatic carbocycles. The number of ether oxygens (including phenoxy) is 2. The molecule has 2 aromatic carbocycles. The molecular weight excluding hydrogens is 655 g/mol. The van der Waals surface area contributed by atoms with E-state index in [0.29, 0.717) is 38.2 Å². The highest BCUT2D eigenvalue weighted by molar-refractivity contribution is 7.86. The molecule has 4 aromatic rings. The summed E-state index contributed by atoms with van der Waals surface area (Å²) in [6.45, 7) is 11.0. The summed E-state index contributed by atoms with van der Waals surface area (Å²) < 4.78 is 45.3. The molecule has 12 heteroatoms. The summed E-state index contributed by atoms with van der Waals surface area (Å²) >= 11 is 0. The third-order valence-corrected chi connectivity index (χ3v) is 12.9. The molecule has 0 amide bonds. The Morgan fingerprint density at radius 3 is 2.60 bits per heavy atom. The van der Waals surface area contributed by atoms with Crippen LogP contribution < -0.4 is 10.2 Å². The maximum atomic E-state index is 13.0. The molecule has 5 heterocycles. The first-order valence-electron chi connectivity index (χ1n) is 17.6. The lowest BCUT2D eigenvalue weighted by Gasteiger charge is -2.44. The Balaban J connectivity index is 0.952. The third kappa shape index (κ3) is 5.70. The number of pyridine rings is 1. The molecule has 2 bridgehead atoms. The molecule has 50 heavy (non-hydrogen) atoms. The first-order chi connectivity index (χ1) is 23.9. The van der Waals surface area contributed by atoms with E-state index in [1.54, 1.807) is 19.1 Å². The van der Waals surface area contributed by atoms with E-state index in [1.165, 1.54) is 17.7 Å². The van der Waals surface area contributed by atoms with Crippen LogP contribution in [0.25, 0.3) is 5.65 Å². The molecule has 1 N–H and O–H groups in total. The molecule has 2 saturated carbocycles. The lowest BCUT2D eigenvalue weighted by Crippen LogP contribution is -2.58. The second kappa shape index (κ2) is 11.9. The first-order valence-corrected chi connectivity index (χ1v) is 19.0. The number of fused-ring (bicyclic) bond motifs is 2. The molecule has 2 aromatic heterocycles. The van der Waals surface area contributed by atoms with Gasteiger partial charge in [0.2, 0.25) is 0 Å². The van der Waals surface area contributed by atoms with Crippen LogP contribution in [0.5, 0.6) is 0 Å². The fourth-order valence-electron chi connectivity index (χ4n) is 8.34. The van der Waals surface area contributed by atoms with Gasteiger partial charge in [0.25, 0.3) is 10.1 Å². The summed E-state index contributed by atoms with van der Waals surface area (Å²) in [4.78, 5) is 20.3. The van der Waals surface area contributed by atoms with Crippen LogP contribution in [-0.4, -0.2) is 74.0 Å². The van der Waals surface area contributed by atoms with Gasteiger partial charge in [-0.3, -0.25) is 8.98 Å². The second-order valence-corrected chi connectivity index (χ2v) is 17.0. The average molecular weight is 700 g/mol. The zero-order valence-electron chi connectivity index (χ0n) is 29.1. The minimum atomic E-state index is -3.99. The Labute approximate surface area is 293 Å². The lowest BCUT2D eigenvalue weighted by atomic mass is 9.67. The van der Waals surface area contributed by atoms with Crippen molar-refractivity contribution in [2.75, 3.05) is 44.4 Å². The van der Waals surface area contributed by atoms with Gasteiger partial charge in [0.1, 0.15) is 5.60 Å². The van der Waals surface area contributed by atoms with Gasteiger partial charge in [-0.1, -0.05) is 55.0 Å². The van der Waals surface area contributed by atoms with E-state index >= 15 is 0 Å². The number of anilines is 1. The van der Waals surface area contributed by atoms with E-state index < -0.39 is 27.1 Å². The average Bonchev–Trinajstić information content (AvgIpc) is 3.51. The van der Waals surface area contributed by atoms with Crippen molar-refractivity contribution in [2.24, 2.45) is 11.3 Å². The number of benzene rings is 2. The van der Waals surface area contributed by atoms with E-state index in [2.05, 4.69) is 66.7 Å².